The molecule has 1 aromatic carbocycles. The van der Waals surface area contributed by atoms with Gasteiger partial charge in [-0.3, -0.25) is 14.5 Å². The highest BCUT2D eigenvalue weighted by atomic mass is 32.1. The fourth-order valence-corrected chi connectivity index (χ4v) is 4.88. The van der Waals surface area contributed by atoms with Gasteiger partial charge >= 0.3 is 0 Å². The number of aryl methyl sites for hydroxylation is 1. The van der Waals surface area contributed by atoms with Gasteiger partial charge in [0.1, 0.15) is 0 Å². The van der Waals surface area contributed by atoms with Crippen LogP contribution in [0.25, 0.3) is 11.3 Å². The van der Waals surface area contributed by atoms with Crippen molar-refractivity contribution in [1.29, 1.82) is 0 Å². The molecule has 0 unspecified atom stereocenters. The fraction of sp³-hybridized carbons (Fsp3) is 0.348. The Morgan fingerprint density at radius 3 is 2.68 bits per heavy atom. The van der Waals surface area contributed by atoms with Crippen LogP contribution in [0.15, 0.2) is 46.4 Å². The first-order valence-corrected chi connectivity index (χ1v) is 11.4. The lowest BCUT2D eigenvalue weighted by molar-refractivity contribution is -0.120. The molecule has 0 bridgehead atoms. The van der Waals surface area contributed by atoms with Gasteiger partial charge in [-0.15, -0.1) is 11.3 Å². The highest BCUT2D eigenvalue weighted by Crippen LogP contribution is 2.33. The molecule has 160 valence electrons. The van der Waals surface area contributed by atoms with Crippen LogP contribution in [0.1, 0.15) is 21.1 Å². The van der Waals surface area contributed by atoms with E-state index in [2.05, 4.69) is 27.4 Å². The number of rotatable bonds is 4. The molecule has 0 aliphatic carbocycles. The molecular weight excluding hydrogens is 412 g/mol. The second-order valence-electron chi connectivity index (χ2n) is 7.94. The molecule has 4 heterocycles. The second-order valence-corrected chi connectivity index (χ2v) is 9.00. The van der Waals surface area contributed by atoms with Crippen molar-refractivity contribution < 1.29 is 14.0 Å². The number of hydrogen-bond donors (Lipinski definition) is 0. The molecule has 0 radical (unpaired) electrons. The van der Waals surface area contributed by atoms with Gasteiger partial charge in [-0.1, -0.05) is 6.07 Å². The molecule has 0 N–H and O–H groups in total. The summed E-state index contributed by atoms with van der Waals surface area (Å²) in [6.45, 7) is 5.65. The monoisotopic (exact) mass is 436 g/mol. The van der Waals surface area contributed by atoms with Crippen LogP contribution in [0.2, 0.25) is 0 Å². The largest absolute Gasteiger partial charge is 0.459 e. The van der Waals surface area contributed by atoms with Crippen molar-refractivity contribution in [1.82, 2.24) is 14.8 Å². The lowest BCUT2D eigenvalue weighted by Crippen LogP contribution is -2.51. The van der Waals surface area contributed by atoms with Gasteiger partial charge in [-0.05, 0) is 43.2 Å². The van der Waals surface area contributed by atoms with Gasteiger partial charge in [0.05, 0.1) is 23.5 Å². The molecule has 3 aromatic rings. The summed E-state index contributed by atoms with van der Waals surface area (Å²) in [5.74, 6) is 0.391. The van der Waals surface area contributed by atoms with E-state index in [0.29, 0.717) is 45.0 Å². The lowest BCUT2D eigenvalue weighted by atomic mass is 10.1. The number of carbonyl (C=O) groups excluding carboxylic acids is 2. The van der Waals surface area contributed by atoms with Crippen molar-refractivity contribution in [3.05, 3.63) is 58.3 Å². The van der Waals surface area contributed by atoms with Crippen LogP contribution in [0.4, 0.5) is 5.69 Å². The Hall–Kier alpha value is -2.97. The van der Waals surface area contributed by atoms with Gasteiger partial charge in [-0.2, -0.15) is 0 Å². The Morgan fingerprint density at radius 2 is 1.97 bits per heavy atom. The van der Waals surface area contributed by atoms with Crippen LogP contribution in [0, 0.1) is 6.92 Å². The van der Waals surface area contributed by atoms with Gasteiger partial charge < -0.3 is 14.2 Å². The van der Waals surface area contributed by atoms with Crippen molar-refractivity contribution >= 4 is 28.8 Å². The van der Waals surface area contributed by atoms with E-state index in [9.17, 15) is 9.59 Å². The number of benzene rings is 1. The van der Waals surface area contributed by atoms with Crippen molar-refractivity contribution in [3.8, 4) is 11.3 Å². The summed E-state index contributed by atoms with van der Waals surface area (Å²) >= 11 is 1.65. The summed E-state index contributed by atoms with van der Waals surface area (Å²) in [6, 6.07) is 9.67. The minimum absolute atomic E-state index is 0.0874. The predicted octanol–water partition coefficient (Wildman–Crippen LogP) is 3.06. The summed E-state index contributed by atoms with van der Waals surface area (Å²) in [4.78, 5) is 35.8. The van der Waals surface area contributed by atoms with E-state index in [-0.39, 0.29) is 11.8 Å². The zero-order chi connectivity index (χ0) is 21.4. The Bertz CT molecular complexity index is 1100. The van der Waals surface area contributed by atoms with E-state index in [1.54, 1.807) is 28.4 Å². The molecule has 0 atom stereocenters. The quantitative estimate of drug-likeness (QED) is 0.629. The van der Waals surface area contributed by atoms with E-state index < -0.39 is 0 Å². The third-order valence-corrected chi connectivity index (χ3v) is 6.71. The smallest absolute Gasteiger partial charge is 0.289 e. The zero-order valence-electron chi connectivity index (χ0n) is 17.4. The molecule has 2 aliphatic heterocycles. The Kier molecular flexibility index (Phi) is 5.33. The minimum atomic E-state index is -0.0874. The maximum atomic E-state index is 13.0. The zero-order valence-corrected chi connectivity index (χ0v) is 18.2. The highest BCUT2D eigenvalue weighted by molar-refractivity contribution is 7.09. The van der Waals surface area contributed by atoms with Crippen LogP contribution in [0.5, 0.6) is 0 Å². The van der Waals surface area contributed by atoms with Gasteiger partial charge in [0.25, 0.3) is 5.91 Å². The SMILES string of the molecule is Cc1nc(-c2ccc3c(c2)CCN3C(=O)CN2CCN(C(=O)c3ccco3)CC2)cs1. The molecule has 2 aliphatic rings. The first-order chi connectivity index (χ1) is 15.1. The number of fused-ring (bicyclic) bond motifs is 1. The standard InChI is InChI=1S/C23H24N4O3S/c1-16-24-19(15-31-16)17-4-5-20-18(13-17)6-7-27(20)22(28)14-25-8-10-26(11-9-25)23(29)21-3-2-12-30-21/h2-5,12-13,15H,6-11,14H2,1H3. The third kappa shape index (κ3) is 4.00. The van der Waals surface area contributed by atoms with Crippen molar-refractivity contribution in [2.75, 3.05) is 44.2 Å². The molecule has 31 heavy (non-hydrogen) atoms. The number of amides is 2. The fourth-order valence-electron chi connectivity index (χ4n) is 4.26. The second kappa shape index (κ2) is 8.28. The van der Waals surface area contributed by atoms with Gasteiger partial charge in [0.2, 0.25) is 5.91 Å². The number of anilines is 1. The summed E-state index contributed by atoms with van der Waals surface area (Å²) in [6.07, 6.45) is 2.38. The molecule has 0 saturated carbocycles. The third-order valence-electron chi connectivity index (χ3n) is 5.94. The topological polar surface area (TPSA) is 69.9 Å². The Morgan fingerprint density at radius 1 is 1.13 bits per heavy atom. The predicted molar refractivity (Wildman–Crippen MR) is 119 cm³/mol. The average Bonchev–Trinajstić information content (AvgIpc) is 3.54. The van der Waals surface area contributed by atoms with Crippen molar-refractivity contribution in [2.24, 2.45) is 0 Å². The number of aromatic nitrogens is 1. The van der Waals surface area contributed by atoms with E-state index in [1.165, 1.54) is 11.8 Å². The molecule has 0 spiro atoms. The van der Waals surface area contributed by atoms with Crippen LogP contribution in [-0.4, -0.2) is 65.9 Å². The molecule has 2 aromatic heterocycles. The minimum Gasteiger partial charge on any atom is -0.459 e. The molecular formula is C23H24N4O3S. The number of carbonyl (C=O) groups is 2. The summed E-state index contributed by atoms with van der Waals surface area (Å²) in [5.41, 5.74) is 4.31. The van der Waals surface area contributed by atoms with Crippen LogP contribution >= 0.6 is 11.3 Å². The van der Waals surface area contributed by atoms with Gasteiger partial charge in [0.15, 0.2) is 5.76 Å². The van der Waals surface area contributed by atoms with Crippen LogP contribution < -0.4 is 4.90 Å². The first kappa shape index (κ1) is 20.0. The number of hydrogen-bond acceptors (Lipinski definition) is 6. The van der Waals surface area contributed by atoms with E-state index in [0.717, 1.165) is 28.4 Å². The number of nitrogens with zero attached hydrogens (tertiary/aromatic N) is 4. The lowest BCUT2D eigenvalue weighted by Gasteiger charge is -2.34. The van der Waals surface area contributed by atoms with E-state index in [4.69, 9.17) is 4.42 Å². The summed E-state index contributed by atoms with van der Waals surface area (Å²) in [7, 11) is 0. The Labute approximate surface area is 184 Å². The van der Waals surface area contributed by atoms with E-state index >= 15 is 0 Å². The first-order valence-electron chi connectivity index (χ1n) is 10.5. The molecule has 7 nitrogen and oxygen atoms in total. The maximum Gasteiger partial charge on any atom is 0.289 e. The van der Waals surface area contributed by atoms with E-state index in [1.807, 2.05) is 17.9 Å². The highest BCUT2D eigenvalue weighted by Gasteiger charge is 2.29. The molecule has 1 saturated heterocycles. The molecule has 5 rings (SSSR count). The number of thiazole rings is 1. The molecule has 1 fully saturated rings. The van der Waals surface area contributed by atoms with Crippen LogP contribution in [0.3, 0.4) is 0 Å². The molecule has 2 amide bonds. The van der Waals surface area contributed by atoms with Crippen molar-refractivity contribution in [3.63, 3.8) is 0 Å². The maximum absolute atomic E-state index is 13.0. The average molecular weight is 437 g/mol. The number of furan rings is 1. The summed E-state index contributed by atoms with van der Waals surface area (Å²) in [5, 5.41) is 3.13. The number of piperazine rings is 1. The molecule has 8 heteroatoms. The van der Waals surface area contributed by atoms with Crippen LogP contribution in [-0.2, 0) is 11.2 Å². The van der Waals surface area contributed by atoms with Gasteiger partial charge in [0, 0.05) is 49.4 Å². The summed E-state index contributed by atoms with van der Waals surface area (Å²) < 4.78 is 5.21. The van der Waals surface area contributed by atoms with Crippen molar-refractivity contribution in [2.45, 2.75) is 13.3 Å². The Balaban J connectivity index is 1.19. The normalized spacial score (nSPS) is 16.5. The van der Waals surface area contributed by atoms with Gasteiger partial charge in [-0.25, -0.2) is 4.98 Å².